The lowest BCUT2D eigenvalue weighted by Gasteiger charge is -2.20. The number of nitrogens with zero attached hydrogens (tertiary/aromatic N) is 2. The van der Waals surface area contributed by atoms with E-state index in [4.69, 9.17) is 32.8 Å². The molecule has 1 aliphatic carbocycles. The number of nitrogens with two attached hydrogens (primary N) is 2. The van der Waals surface area contributed by atoms with Gasteiger partial charge in [0.25, 0.3) is 5.19 Å². The third-order valence-electron chi connectivity index (χ3n) is 4.16. The third kappa shape index (κ3) is 4.28. The first kappa shape index (κ1) is 20.2. The summed E-state index contributed by atoms with van der Waals surface area (Å²) in [6, 6.07) is 4.34. The number of hydrogen-bond acceptors (Lipinski definition) is 7. The Morgan fingerprint density at radius 2 is 2.29 bits per heavy atom. The molecule has 2 amide bonds. The number of nitrogens with one attached hydrogen (secondary N) is 1. The largest absolute Gasteiger partial charge is 0.500 e. The molecule has 1 heterocycles. The van der Waals surface area contributed by atoms with E-state index in [9.17, 15) is 4.79 Å². The molecule has 0 saturated heterocycles. The molecule has 2 aromatic rings. The predicted molar refractivity (Wildman–Crippen MR) is 110 cm³/mol. The second kappa shape index (κ2) is 9.07. The molecule has 10 heteroatoms. The number of benzene rings is 1. The molecule has 8 nitrogen and oxygen atoms in total. The van der Waals surface area contributed by atoms with Crippen LogP contribution in [0.2, 0.25) is 5.02 Å². The van der Waals surface area contributed by atoms with Crippen molar-refractivity contribution < 1.29 is 14.3 Å². The van der Waals surface area contributed by atoms with Gasteiger partial charge in [-0.25, -0.2) is 26.5 Å². The van der Waals surface area contributed by atoms with Crippen LogP contribution in [0.15, 0.2) is 41.5 Å². The summed E-state index contributed by atoms with van der Waals surface area (Å²) >= 11 is 7.64. The Morgan fingerprint density at radius 1 is 1.46 bits per heavy atom. The first-order valence-corrected chi connectivity index (χ1v) is 9.66. The van der Waals surface area contributed by atoms with Crippen molar-refractivity contribution >= 4 is 40.2 Å². The molecule has 1 aliphatic rings. The van der Waals surface area contributed by atoms with Crippen molar-refractivity contribution in [2.45, 2.75) is 19.4 Å². The molecule has 0 unspecified atom stereocenters. The molecule has 0 radical (unpaired) electrons. The van der Waals surface area contributed by atoms with Crippen molar-refractivity contribution in [1.29, 1.82) is 0 Å². The van der Waals surface area contributed by atoms with E-state index >= 15 is 0 Å². The summed E-state index contributed by atoms with van der Waals surface area (Å²) in [4.78, 5) is 16.3. The molecule has 148 valence electrons. The van der Waals surface area contributed by atoms with Crippen LogP contribution in [0.5, 0.6) is 5.19 Å². The molecule has 1 aromatic carbocycles. The van der Waals surface area contributed by atoms with E-state index in [2.05, 4.69) is 11.1 Å². The first-order valence-electron chi connectivity index (χ1n) is 8.40. The van der Waals surface area contributed by atoms with E-state index in [-0.39, 0.29) is 6.61 Å². The van der Waals surface area contributed by atoms with Crippen molar-refractivity contribution in [2.75, 3.05) is 12.1 Å². The number of carbonyl (C=O) groups is 1. The van der Waals surface area contributed by atoms with E-state index in [0.29, 0.717) is 21.5 Å². The summed E-state index contributed by atoms with van der Waals surface area (Å²) < 4.78 is 11.3. The van der Waals surface area contributed by atoms with E-state index in [1.165, 1.54) is 11.3 Å². The standard InChI is InChI=1S/C18H20ClN5O3S/c1-26-16-8-3-2-5-11(16)14-10-28-18(22-14)27-9-12-13(19)6-4-7-15(12)24(21)17(25)23-20/h2,4-7,10H,3,8-9,20-21H2,1H3,(H,23,25). The molecule has 0 spiro atoms. The Bertz CT molecular complexity index is 928. The Morgan fingerprint density at radius 3 is 3.04 bits per heavy atom. The number of halogens is 1. The van der Waals surface area contributed by atoms with Crippen molar-refractivity contribution in [3.8, 4) is 5.19 Å². The predicted octanol–water partition coefficient (Wildman–Crippen LogP) is 3.35. The molecule has 5 N–H and O–H groups in total. The van der Waals surface area contributed by atoms with Gasteiger partial charge < -0.3 is 9.47 Å². The fourth-order valence-electron chi connectivity index (χ4n) is 2.76. The van der Waals surface area contributed by atoms with Crippen LogP contribution < -0.4 is 26.9 Å². The van der Waals surface area contributed by atoms with E-state index in [0.717, 1.165) is 34.9 Å². The van der Waals surface area contributed by atoms with Gasteiger partial charge >= 0.3 is 6.03 Å². The second-order valence-electron chi connectivity index (χ2n) is 5.83. The number of methoxy groups -OCH3 is 1. The molecular weight excluding hydrogens is 402 g/mol. The van der Waals surface area contributed by atoms with Crippen molar-refractivity contribution in [3.63, 3.8) is 0 Å². The van der Waals surface area contributed by atoms with Crippen LogP contribution in [0, 0.1) is 0 Å². The number of hydrogen-bond donors (Lipinski definition) is 3. The number of allylic oxidation sites excluding steroid dienone is 4. The molecule has 0 atom stereocenters. The molecule has 3 rings (SSSR count). The molecule has 1 aromatic heterocycles. The van der Waals surface area contributed by atoms with E-state index in [1.54, 1.807) is 25.3 Å². The highest BCUT2D eigenvalue weighted by molar-refractivity contribution is 7.11. The Balaban J connectivity index is 1.79. The van der Waals surface area contributed by atoms with Crippen LogP contribution in [0.1, 0.15) is 24.1 Å². The lowest BCUT2D eigenvalue weighted by atomic mass is 10.0. The van der Waals surface area contributed by atoms with Gasteiger partial charge in [0.2, 0.25) is 0 Å². The van der Waals surface area contributed by atoms with Gasteiger partial charge in [0.1, 0.15) is 12.4 Å². The number of urea groups is 1. The quantitative estimate of drug-likeness (QED) is 0.374. The fraction of sp³-hybridized carbons (Fsp3) is 0.222. The maximum atomic E-state index is 11.7. The van der Waals surface area contributed by atoms with Crippen LogP contribution in [0.25, 0.3) is 5.57 Å². The zero-order valence-corrected chi connectivity index (χ0v) is 16.7. The van der Waals surface area contributed by atoms with Crippen molar-refractivity contribution in [1.82, 2.24) is 10.4 Å². The van der Waals surface area contributed by atoms with Gasteiger partial charge in [0, 0.05) is 28.0 Å². The Hall–Kier alpha value is -2.59. The van der Waals surface area contributed by atoms with Gasteiger partial charge in [-0.3, -0.25) is 5.43 Å². The Kier molecular flexibility index (Phi) is 6.53. The smallest absolute Gasteiger partial charge is 0.350 e. The summed E-state index contributed by atoms with van der Waals surface area (Å²) in [6.07, 6.45) is 5.88. The average molecular weight is 422 g/mol. The molecule has 0 saturated carbocycles. The van der Waals surface area contributed by atoms with Gasteiger partial charge in [-0.1, -0.05) is 41.2 Å². The van der Waals surface area contributed by atoms with Gasteiger partial charge in [-0.2, -0.15) is 0 Å². The molecule has 0 fully saturated rings. The van der Waals surface area contributed by atoms with E-state index < -0.39 is 6.03 Å². The summed E-state index contributed by atoms with van der Waals surface area (Å²) in [5.74, 6) is 11.9. The SMILES string of the molecule is COC1=C(c2csc(OCc3c(Cl)cccc3N(N)C(=O)NN)n2)C=CCC1. The molecule has 0 aliphatic heterocycles. The van der Waals surface area contributed by atoms with Crippen LogP contribution in [-0.2, 0) is 11.3 Å². The molecule has 28 heavy (non-hydrogen) atoms. The number of thiazole rings is 1. The van der Waals surface area contributed by atoms with Crippen LogP contribution in [-0.4, -0.2) is 18.1 Å². The number of anilines is 1. The molecular formula is C18H20ClN5O3S. The number of carbonyl (C=O) groups excluding carboxylic acids is 1. The van der Waals surface area contributed by atoms with E-state index in [1.807, 2.05) is 16.9 Å². The van der Waals surface area contributed by atoms with Gasteiger partial charge in [0.05, 0.1) is 18.5 Å². The number of amides is 2. The Labute approximate surface area is 171 Å². The number of aromatic nitrogens is 1. The highest BCUT2D eigenvalue weighted by atomic mass is 35.5. The zero-order chi connectivity index (χ0) is 20.1. The van der Waals surface area contributed by atoms with Gasteiger partial charge in [-0.05, 0) is 18.6 Å². The average Bonchev–Trinajstić information content (AvgIpc) is 3.20. The minimum Gasteiger partial charge on any atom is -0.500 e. The van der Waals surface area contributed by atoms with Crippen molar-refractivity contribution in [2.24, 2.45) is 11.7 Å². The normalized spacial score (nSPS) is 13.4. The topological polar surface area (TPSA) is 116 Å². The lowest BCUT2D eigenvalue weighted by Crippen LogP contribution is -2.48. The second-order valence-corrected chi connectivity index (χ2v) is 7.05. The lowest BCUT2D eigenvalue weighted by molar-refractivity contribution is 0.246. The highest BCUT2D eigenvalue weighted by Gasteiger charge is 2.18. The maximum Gasteiger partial charge on any atom is 0.350 e. The first-order chi connectivity index (χ1) is 13.5. The van der Waals surface area contributed by atoms with Crippen LogP contribution >= 0.6 is 22.9 Å². The summed E-state index contributed by atoms with van der Waals surface area (Å²) in [6.45, 7) is 0.0829. The van der Waals surface area contributed by atoms with Crippen LogP contribution in [0.4, 0.5) is 10.5 Å². The minimum absolute atomic E-state index is 0.0829. The van der Waals surface area contributed by atoms with Crippen molar-refractivity contribution in [3.05, 3.63) is 57.8 Å². The summed E-state index contributed by atoms with van der Waals surface area (Å²) in [7, 11) is 1.66. The van der Waals surface area contributed by atoms with Crippen LogP contribution in [0.3, 0.4) is 0 Å². The maximum absolute atomic E-state index is 11.7. The zero-order valence-electron chi connectivity index (χ0n) is 15.1. The van der Waals surface area contributed by atoms with Gasteiger partial charge in [-0.15, -0.1) is 0 Å². The molecule has 0 bridgehead atoms. The number of rotatable bonds is 6. The third-order valence-corrected chi connectivity index (χ3v) is 5.27. The van der Waals surface area contributed by atoms with Gasteiger partial charge in [0.15, 0.2) is 0 Å². The summed E-state index contributed by atoms with van der Waals surface area (Å²) in [5.41, 5.74) is 4.64. The highest BCUT2D eigenvalue weighted by Crippen LogP contribution is 2.32. The monoisotopic (exact) mass is 421 g/mol. The fourth-order valence-corrected chi connectivity index (χ4v) is 3.65. The minimum atomic E-state index is -0.678. The summed E-state index contributed by atoms with van der Waals surface area (Å²) in [5, 5.41) is 3.66. The number of hydrazine groups is 2. The number of ether oxygens (including phenoxy) is 2.